The molecule has 2 amide bonds. The van der Waals surface area contributed by atoms with Crippen molar-refractivity contribution in [2.75, 3.05) is 28.7 Å². The van der Waals surface area contributed by atoms with Crippen molar-refractivity contribution in [2.24, 2.45) is 17.6 Å². The molecule has 0 radical (unpaired) electrons. The van der Waals surface area contributed by atoms with E-state index in [0.717, 1.165) is 44.5 Å². The number of esters is 1. The highest BCUT2D eigenvalue weighted by Crippen LogP contribution is 2.47. The number of fused-ring (bicyclic) bond motifs is 1. The van der Waals surface area contributed by atoms with Crippen molar-refractivity contribution in [1.29, 1.82) is 0 Å². The Kier molecular flexibility index (Phi) is 17.5. The first-order valence-electron chi connectivity index (χ1n) is 29.1. The third-order valence-electron chi connectivity index (χ3n) is 16.1. The number of rotatable bonds is 23. The number of hydrogen-bond acceptors (Lipinski definition) is 17. The molecule has 16 nitrogen and oxygen atoms in total. The zero-order chi connectivity index (χ0) is 61.3. The molecule has 2 unspecified atom stereocenters. The molecule has 8 aromatic carbocycles. The number of ether oxygens (including phenoxy) is 1. The largest absolute Gasteiger partial charge is 0.452 e. The number of nitrogens with one attached hydrogen (secondary N) is 3. The van der Waals surface area contributed by atoms with Gasteiger partial charge in [0.15, 0.2) is 28.7 Å². The topological polar surface area (TPSA) is 191 Å². The lowest BCUT2D eigenvalue weighted by Crippen LogP contribution is -2.74. The van der Waals surface area contributed by atoms with Crippen LogP contribution in [0.5, 0.6) is 0 Å². The van der Waals surface area contributed by atoms with Gasteiger partial charge < -0.3 is 30.4 Å². The average molecular weight is 1260 g/mol. The molecule has 3 atom stereocenters. The molecule has 2 saturated heterocycles. The summed E-state index contributed by atoms with van der Waals surface area (Å²) in [6.45, 7) is -0.0862. The van der Waals surface area contributed by atoms with Crippen molar-refractivity contribution in [1.82, 2.24) is 40.4 Å². The molecule has 2 aliphatic rings. The number of nitrogens with zero attached hydrogens (tertiary/aromatic N) is 8. The van der Waals surface area contributed by atoms with Crippen molar-refractivity contribution >= 4 is 80.0 Å². The Morgan fingerprint density at radius 2 is 1.08 bits per heavy atom. The number of benzene rings is 8. The number of thioether (sulfide) groups is 2. The van der Waals surface area contributed by atoms with Crippen LogP contribution in [0.2, 0.25) is 0 Å². The van der Waals surface area contributed by atoms with Crippen molar-refractivity contribution in [3.05, 3.63) is 309 Å². The molecule has 11 aromatic rings. The first kappa shape index (κ1) is 59.2. The fourth-order valence-corrected chi connectivity index (χ4v) is 15.8. The first-order chi connectivity index (χ1) is 44.2. The third-order valence-corrected chi connectivity index (χ3v) is 20.5. The van der Waals surface area contributed by atoms with Gasteiger partial charge in [0.05, 0.1) is 5.69 Å². The van der Waals surface area contributed by atoms with Gasteiger partial charge >= 0.3 is 5.97 Å². The number of thiazole rings is 2. The van der Waals surface area contributed by atoms with Crippen molar-refractivity contribution in [2.45, 2.75) is 40.4 Å². The summed E-state index contributed by atoms with van der Waals surface area (Å²) < 4.78 is 8.09. The molecule has 3 aromatic heterocycles. The second-order valence-electron chi connectivity index (χ2n) is 21.7. The summed E-state index contributed by atoms with van der Waals surface area (Å²) >= 11 is 5.45. The van der Waals surface area contributed by atoms with E-state index in [4.69, 9.17) is 19.5 Å². The van der Waals surface area contributed by atoms with E-state index < -0.39 is 45.9 Å². The Bertz CT molecular complexity index is 4020. The molecule has 90 heavy (non-hydrogen) atoms. The number of anilines is 2. The average Bonchev–Trinajstić information content (AvgIpc) is 0.942. The van der Waals surface area contributed by atoms with E-state index in [1.807, 2.05) is 175 Å². The van der Waals surface area contributed by atoms with Gasteiger partial charge in [0.1, 0.15) is 33.6 Å². The van der Waals surface area contributed by atoms with E-state index in [0.29, 0.717) is 21.1 Å². The van der Waals surface area contributed by atoms with Gasteiger partial charge in [0, 0.05) is 35.9 Å². The van der Waals surface area contributed by atoms with Gasteiger partial charge in [-0.1, -0.05) is 260 Å². The van der Waals surface area contributed by atoms with Crippen LogP contribution in [0.3, 0.4) is 0 Å². The number of β-lactam (4-membered cyclic amide) rings is 1. The molecule has 0 bridgehead atoms. The summed E-state index contributed by atoms with van der Waals surface area (Å²) in [5, 5.41) is 32.0. The summed E-state index contributed by atoms with van der Waals surface area (Å²) in [4.78, 5) is 62.8. The van der Waals surface area contributed by atoms with Crippen molar-refractivity contribution < 1.29 is 24.0 Å². The Labute approximate surface area is 536 Å². The summed E-state index contributed by atoms with van der Waals surface area (Å²) in [5.41, 5.74) is 5.22. The Morgan fingerprint density at radius 3 is 1.53 bits per heavy atom. The fourth-order valence-electron chi connectivity index (χ4n) is 11.6. The van der Waals surface area contributed by atoms with Crippen LogP contribution in [-0.4, -0.2) is 88.0 Å². The molecule has 5 heterocycles. The molecule has 2 aliphatic heterocycles. The maximum atomic E-state index is 15.1. The van der Waals surface area contributed by atoms with Gasteiger partial charge in [-0.05, 0) is 54.9 Å². The molecular weight excluding hydrogens is 1200 g/mol. The Balaban J connectivity index is 0.802. The quantitative estimate of drug-likeness (QED) is 0.0137. The summed E-state index contributed by atoms with van der Waals surface area (Å²) in [5.74, 6) is -1.07. The number of tetrazole rings is 1. The van der Waals surface area contributed by atoms with Crippen molar-refractivity contribution in [3.8, 4) is 0 Å². The zero-order valence-electron chi connectivity index (χ0n) is 48.6. The zero-order valence-corrected chi connectivity index (χ0v) is 51.8. The van der Waals surface area contributed by atoms with E-state index in [9.17, 15) is 4.79 Å². The third kappa shape index (κ3) is 12.0. The van der Waals surface area contributed by atoms with E-state index in [1.54, 1.807) is 17.3 Å². The summed E-state index contributed by atoms with van der Waals surface area (Å²) in [6.07, 6.45) is -0.722. The predicted octanol–water partition coefficient (Wildman–Crippen LogP) is 12.4. The van der Waals surface area contributed by atoms with E-state index >= 15 is 9.59 Å². The van der Waals surface area contributed by atoms with Crippen LogP contribution >= 0.6 is 46.2 Å². The van der Waals surface area contributed by atoms with Crippen LogP contribution in [0.15, 0.2) is 264 Å². The maximum absolute atomic E-state index is 15.1. The van der Waals surface area contributed by atoms with Crippen LogP contribution in [0.25, 0.3) is 0 Å². The van der Waals surface area contributed by atoms with E-state index in [2.05, 4.69) is 109 Å². The van der Waals surface area contributed by atoms with Crippen LogP contribution in [0.4, 0.5) is 10.3 Å². The molecule has 0 aliphatic carbocycles. The second-order valence-corrected chi connectivity index (χ2v) is 25.5. The van der Waals surface area contributed by atoms with Crippen LogP contribution in [0, 0.1) is 5.41 Å². The standard InChI is InChI=1S/C70H59N11O5S4/c1-80-67(76-78-79-80)90-47-68(64(84)86-60(48-26-10-2-11-27-48)49-28-12-3-13-29-49)45-81-62(83)59(63(81)89-46-68)73-61(82)58(57-44-88-66(72-57)75-70(53-36-20-7-21-37-53,54-38-22-8-23-39-54)55-40-24-9-25-41-55)77-85-42-56-43-87-65(71-56)74-69(50-30-14-4-15-31-50,51-32-16-5-17-33-51)52-34-18-6-19-35-52/h2-41,43-44,59-60,63H,42,45-47H2,1H3,(H,71,74)(H,72,75)(H,73,82)/t59?,63-,68?/m1/s1. The first-order valence-corrected chi connectivity index (χ1v) is 32.9. The number of hydrogen-bond donors (Lipinski definition) is 3. The molecule has 3 N–H and O–H groups in total. The minimum Gasteiger partial charge on any atom is -0.452 e. The van der Waals surface area contributed by atoms with Crippen molar-refractivity contribution in [3.63, 3.8) is 0 Å². The summed E-state index contributed by atoms with van der Waals surface area (Å²) in [7, 11) is 1.73. The number of aromatic nitrogens is 6. The highest BCUT2D eigenvalue weighted by Gasteiger charge is 2.58. The Hall–Kier alpha value is -9.73. The Morgan fingerprint density at radius 1 is 0.633 bits per heavy atom. The van der Waals surface area contributed by atoms with Gasteiger partial charge in [0.2, 0.25) is 11.1 Å². The number of amides is 2. The minimum atomic E-state index is -1.21. The monoisotopic (exact) mass is 1260 g/mol. The van der Waals surface area contributed by atoms with E-state index in [1.165, 1.54) is 50.9 Å². The van der Waals surface area contributed by atoms with Gasteiger partial charge in [-0.3, -0.25) is 14.4 Å². The molecule has 448 valence electrons. The molecule has 2 fully saturated rings. The highest BCUT2D eigenvalue weighted by atomic mass is 32.2. The molecule has 0 saturated carbocycles. The van der Waals surface area contributed by atoms with Gasteiger partial charge in [-0.15, -0.1) is 39.5 Å². The SMILES string of the molecule is Cn1nnnc1SCC1(C(=O)OC(c2ccccc2)c2ccccc2)CS[C@@H]2C(NC(=O)C(=NOCc3csc(NC(c4ccccc4)(c4ccccc4)c4ccccc4)n3)c3csc(NC(c4ccccc4)(c4ccccc4)c4ccccc4)n3)C(=O)N2C1. The number of oxime groups is 1. The maximum Gasteiger partial charge on any atom is 0.316 e. The lowest BCUT2D eigenvalue weighted by Gasteiger charge is -2.54. The molecule has 20 heteroatoms. The second kappa shape index (κ2) is 26.5. The van der Waals surface area contributed by atoms with E-state index in [-0.39, 0.29) is 42.0 Å². The fraction of sp³-hybridized carbons (Fsp3) is 0.157. The van der Waals surface area contributed by atoms with Gasteiger partial charge in [0.25, 0.3) is 5.91 Å². The van der Waals surface area contributed by atoms with Gasteiger partial charge in [-0.25, -0.2) is 14.6 Å². The molecule has 0 spiro atoms. The lowest BCUT2D eigenvalue weighted by atomic mass is 9.77. The number of carbonyl (C=O) groups is 3. The normalized spacial score (nSPS) is 16.6. The van der Waals surface area contributed by atoms with Crippen LogP contribution < -0.4 is 16.0 Å². The smallest absolute Gasteiger partial charge is 0.316 e. The number of carbonyl (C=O) groups excluding carboxylic acids is 3. The highest BCUT2D eigenvalue weighted by molar-refractivity contribution is 8.00. The lowest BCUT2D eigenvalue weighted by molar-refractivity contribution is -0.164. The minimum absolute atomic E-state index is 0.0219. The summed E-state index contributed by atoms with van der Waals surface area (Å²) in [6, 6.07) is 79.5. The molecule has 13 rings (SSSR count). The number of aryl methyl sites for hydroxylation is 1. The van der Waals surface area contributed by atoms with Crippen LogP contribution in [-0.2, 0) is 48.7 Å². The van der Waals surface area contributed by atoms with Crippen LogP contribution in [0.1, 0.15) is 62.0 Å². The molecular formula is C70H59N11O5S4. The van der Waals surface area contributed by atoms with Gasteiger partial charge in [-0.2, -0.15) is 0 Å². The predicted molar refractivity (Wildman–Crippen MR) is 354 cm³/mol.